The highest BCUT2D eigenvalue weighted by atomic mass is 32.2. The van der Waals surface area contributed by atoms with E-state index in [0.29, 0.717) is 0 Å². The molecule has 2 aliphatic rings. The average Bonchev–Trinajstić information content (AvgIpc) is 2.84. The highest BCUT2D eigenvalue weighted by Crippen LogP contribution is 2.29. The van der Waals surface area contributed by atoms with Crippen molar-refractivity contribution in [1.29, 1.82) is 0 Å². The molecule has 1 aliphatic heterocycles. The van der Waals surface area contributed by atoms with Gasteiger partial charge in [-0.1, -0.05) is 31.7 Å². The van der Waals surface area contributed by atoms with Gasteiger partial charge in [0.2, 0.25) is 11.8 Å². The fourth-order valence-electron chi connectivity index (χ4n) is 3.91. The van der Waals surface area contributed by atoms with E-state index in [1.54, 1.807) is 12.1 Å². The predicted molar refractivity (Wildman–Crippen MR) is 103 cm³/mol. The van der Waals surface area contributed by atoms with E-state index >= 15 is 0 Å². The molecule has 0 radical (unpaired) electrons. The summed E-state index contributed by atoms with van der Waals surface area (Å²) in [5.74, 6) is -0.852. The Bertz CT molecular complexity index is 826. The number of rotatable bonds is 4. The zero-order chi connectivity index (χ0) is 19.6. The van der Waals surface area contributed by atoms with Crippen LogP contribution in [0.3, 0.4) is 0 Å². The van der Waals surface area contributed by atoms with Crippen molar-refractivity contribution in [3.8, 4) is 0 Å². The fraction of sp³-hybridized carbons (Fsp3) is 0.600. The molecule has 0 aromatic heterocycles. The van der Waals surface area contributed by atoms with Crippen molar-refractivity contribution >= 4 is 21.8 Å². The summed E-state index contributed by atoms with van der Waals surface area (Å²) in [6.45, 7) is 3.73. The molecule has 1 aliphatic carbocycles. The first-order valence-corrected chi connectivity index (χ1v) is 11.2. The summed E-state index contributed by atoms with van der Waals surface area (Å²) >= 11 is 0. The summed E-state index contributed by atoms with van der Waals surface area (Å²) in [6.07, 6.45) is 6.61. The van der Waals surface area contributed by atoms with Crippen LogP contribution >= 0.6 is 0 Å². The quantitative estimate of drug-likeness (QED) is 0.799. The van der Waals surface area contributed by atoms with Crippen molar-refractivity contribution in [1.82, 2.24) is 9.62 Å². The van der Waals surface area contributed by atoms with E-state index in [-0.39, 0.29) is 29.7 Å². The number of nitrogens with one attached hydrogen (secondary N) is 1. The van der Waals surface area contributed by atoms with Crippen LogP contribution in [-0.4, -0.2) is 36.6 Å². The molecule has 148 valence electrons. The van der Waals surface area contributed by atoms with Gasteiger partial charge >= 0.3 is 0 Å². The minimum atomic E-state index is -4.05. The van der Waals surface area contributed by atoms with Crippen LogP contribution in [0.5, 0.6) is 0 Å². The Hall–Kier alpha value is -1.89. The van der Waals surface area contributed by atoms with Gasteiger partial charge in [0.1, 0.15) is 6.04 Å². The van der Waals surface area contributed by atoms with Gasteiger partial charge in [0.05, 0.1) is 4.90 Å². The molecule has 1 aromatic carbocycles. The van der Waals surface area contributed by atoms with E-state index in [2.05, 4.69) is 5.32 Å². The van der Waals surface area contributed by atoms with E-state index in [0.717, 1.165) is 41.1 Å². The molecule has 1 aromatic rings. The maximum absolute atomic E-state index is 13.1. The van der Waals surface area contributed by atoms with E-state index in [9.17, 15) is 18.0 Å². The second-order valence-corrected chi connectivity index (χ2v) is 9.51. The number of nitrogens with zero attached hydrogens (tertiary/aromatic N) is 1. The molecule has 1 saturated heterocycles. The zero-order valence-corrected chi connectivity index (χ0v) is 16.8. The lowest BCUT2D eigenvalue weighted by molar-refractivity contribution is -0.131. The molecule has 6 nitrogen and oxygen atoms in total. The lowest BCUT2D eigenvalue weighted by atomic mass is 10.1. The predicted octanol–water partition coefficient (Wildman–Crippen LogP) is 2.82. The van der Waals surface area contributed by atoms with Crippen LogP contribution in [0.2, 0.25) is 0 Å². The third-order valence-corrected chi connectivity index (χ3v) is 7.53. The van der Waals surface area contributed by atoms with Gasteiger partial charge in [-0.2, -0.15) is 0 Å². The molecule has 2 fully saturated rings. The Morgan fingerprint density at radius 2 is 1.70 bits per heavy atom. The first-order chi connectivity index (χ1) is 12.8. The van der Waals surface area contributed by atoms with Gasteiger partial charge in [0, 0.05) is 12.5 Å². The van der Waals surface area contributed by atoms with Crippen molar-refractivity contribution in [3.63, 3.8) is 0 Å². The van der Waals surface area contributed by atoms with Crippen molar-refractivity contribution in [2.75, 3.05) is 0 Å². The Morgan fingerprint density at radius 1 is 1.04 bits per heavy atom. The maximum Gasteiger partial charge on any atom is 0.267 e. The highest BCUT2D eigenvalue weighted by Gasteiger charge is 2.44. The molecule has 0 spiro atoms. The van der Waals surface area contributed by atoms with E-state index < -0.39 is 22.0 Å². The number of sulfonamides is 1. The van der Waals surface area contributed by atoms with Gasteiger partial charge in [-0.15, -0.1) is 0 Å². The third-order valence-electron chi connectivity index (χ3n) is 5.70. The minimum absolute atomic E-state index is 0.0631. The van der Waals surface area contributed by atoms with Crippen molar-refractivity contribution < 1.29 is 18.0 Å². The molecule has 3 rings (SSSR count). The van der Waals surface area contributed by atoms with Crippen molar-refractivity contribution in [2.24, 2.45) is 0 Å². The Labute approximate surface area is 161 Å². The second-order valence-electron chi connectivity index (χ2n) is 7.69. The lowest BCUT2D eigenvalue weighted by Crippen LogP contribution is -2.49. The molecule has 1 heterocycles. The number of carbonyl (C=O) groups is 2. The number of amides is 2. The first kappa shape index (κ1) is 19.9. The Morgan fingerprint density at radius 3 is 2.33 bits per heavy atom. The highest BCUT2D eigenvalue weighted by molar-refractivity contribution is 7.89. The van der Waals surface area contributed by atoms with E-state index in [4.69, 9.17) is 0 Å². The first-order valence-electron chi connectivity index (χ1n) is 9.75. The molecular weight excluding hydrogens is 364 g/mol. The van der Waals surface area contributed by atoms with Crippen LogP contribution in [0.25, 0.3) is 0 Å². The molecule has 1 saturated carbocycles. The molecule has 0 bridgehead atoms. The van der Waals surface area contributed by atoms with Crippen LogP contribution < -0.4 is 5.32 Å². The van der Waals surface area contributed by atoms with Crippen LogP contribution in [0, 0.1) is 13.8 Å². The topological polar surface area (TPSA) is 83.6 Å². The standard InChI is InChI=1S/C20H28N2O4S/c1-14-9-10-17(13-15(14)2)27(25,26)22-18(11-12-19(22)23)20(24)21-16-7-5-3-4-6-8-16/h9-10,13,16,18H,3-8,11-12H2,1-2H3,(H,21,24). The summed E-state index contributed by atoms with van der Waals surface area (Å²) in [4.78, 5) is 25.2. The number of hydrogen-bond donors (Lipinski definition) is 1. The Kier molecular flexibility index (Phi) is 5.89. The summed E-state index contributed by atoms with van der Waals surface area (Å²) in [5.41, 5.74) is 1.81. The van der Waals surface area contributed by atoms with Crippen LogP contribution in [0.15, 0.2) is 23.1 Å². The third kappa shape index (κ3) is 4.18. The van der Waals surface area contributed by atoms with E-state index in [1.165, 1.54) is 18.9 Å². The largest absolute Gasteiger partial charge is 0.352 e. The minimum Gasteiger partial charge on any atom is -0.352 e. The van der Waals surface area contributed by atoms with Crippen molar-refractivity contribution in [2.45, 2.75) is 82.2 Å². The normalized spacial score (nSPS) is 21.9. The van der Waals surface area contributed by atoms with Crippen LogP contribution in [-0.2, 0) is 19.6 Å². The Balaban J connectivity index is 1.82. The number of benzene rings is 1. The van der Waals surface area contributed by atoms with Gasteiger partial charge in [-0.3, -0.25) is 9.59 Å². The van der Waals surface area contributed by atoms with Gasteiger partial charge in [-0.25, -0.2) is 12.7 Å². The second kappa shape index (κ2) is 8.00. The lowest BCUT2D eigenvalue weighted by Gasteiger charge is -2.26. The molecule has 1 atom stereocenters. The summed E-state index contributed by atoms with van der Waals surface area (Å²) < 4.78 is 27.0. The summed E-state index contributed by atoms with van der Waals surface area (Å²) in [6, 6.07) is 3.91. The number of aryl methyl sites for hydroxylation is 2. The summed E-state index contributed by atoms with van der Waals surface area (Å²) in [7, 11) is -4.05. The van der Waals surface area contributed by atoms with Gasteiger partial charge in [0.25, 0.3) is 10.0 Å². The number of carbonyl (C=O) groups excluding carboxylic acids is 2. The fourth-order valence-corrected chi connectivity index (χ4v) is 5.60. The van der Waals surface area contributed by atoms with Gasteiger partial charge in [0.15, 0.2) is 0 Å². The van der Waals surface area contributed by atoms with Crippen LogP contribution in [0.1, 0.15) is 62.5 Å². The number of hydrogen-bond acceptors (Lipinski definition) is 4. The molecule has 27 heavy (non-hydrogen) atoms. The van der Waals surface area contributed by atoms with E-state index in [1.807, 2.05) is 13.8 Å². The molecular formula is C20H28N2O4S. The molecule has 1 N–H and O–H groups in total. The molecule has 7 heteroatoms. The molecule has 1 unspecified atom stereocenters. The maximum atomic E-state index is 13.1. The zero-order valence-electron chi connectivity index (χ0n) is 16.0. The van der Waals surface area contributed by atoms with Gasteiger partial charge < -0.3 is 5.32 Å². The monoisotopic (exact) mass is 392 g/mol. The van der Waals surface area contributed by atoms with Gasteiger partial charge in [-0.05, 0) is 56.4 Å². The molecule has 2 amide bonds. The average molecular weight is 393 g/mol. The van der Waals surface area contributed by atoms with Crippen LogP contribution in [0.4, 0.5) is 0 Å². The SMILES string of the molecule is Cc1ccc(S(=O)(=O)N2C(=O)CCC2C(=O)NC2CCCCCC2)cc1C. The van der Waals surface area contributed by atoms with Crippen molar-refractivity contribution in [3.05, 3.63) is 29.3 Å². The smallest absolute Gasteiger partial charge is 0.267 e. The summed E-state index contributed by atoms with van der Waals surface area (Å²) in [5, 5.41) is 3.00.